The predicted molar refractivity (Wildman–Crippen MR) is 96.1 cm³/mol. The molecule has 0 unspecified atom stereocenters. The third kappa shape index (κ3) is 5.74. The number of hydrogen-bond acceptors (Lipinski definition) is 3. The summed E-state index contributed by atoms with van der Waals surface area (Å²) in [6.07, 6.45) is 0.324. The van der Waals surface area contributed by atoms with Gasteiger partial charge in [0.1, 0.15) is 0 Å². The highest BCUT2D eigenvalue weighted by Gasteiger charge is 2.22. The maximum Gasteiger partial charge on any atom is 0.223 e. The SMILES string of the molecule is CC(=O)N1CCN(C(=O)CCC(=O)N[C@H](C)c2cccc(Cl)c2)CC1. The Morgan fingerprint density at radius 2 is 1.76 bits per heavy atom. The topological polar surface area (TPSA) is 69.7 Å². The van der Waals surface area contributed by atoms with E-state index < -0.39 is 0 Å². The molecule has 1 N–H and O–H groups in total. The molecule has 1 saturated heterocycles. The van der Waals surface area contributed by atoms with Gasteiger partial charge in [0.15, 0.2) is 0 Å². The molecule has 2 rings (SSSR count). The van der Waals surface area contributed by atoms with Crippen molar-refractivity contribution in [2.24, 2.45) is 0 Å². The Balaban J connectivity index is 1.74. The minimum atomic E-state index is -0.166. The quantitative estimate of drug-likeness (QED) is 0.867. The molecule has 0 aromatic heterocycles. The first-order valence-electron chi connectivity index (χ1n) is 8.45. The number of amides is 3. The number of rotatable bonds is 5. The summed E-state index contributed by atoms with van der Waals surface area (Å²) in [4.78, 5) is 39.0. The van der Waals surface area contributed by atoms with E-state index in [0.717, 1.165) is 5.56 Å². The number of halogens is 1. The van der Waals surface area contributed by atoms with Crippen molar-refractivity contribution in [1.82, 2.24) is 15.1 Å². The lowest BCUT2D eigenvalue weighted by atomic mass is 10.1. The van der Waals surface area contributed by atoms with E-state index >= 15 is 0 Å². The second-order valence-corrected chi connectivity index (χ2v) is 6.67. The molecule has 3 amide bonds. The molecule has 1 heterocycles. The average Bonchev–Trinajstić information content (AvgIpc) is 2.59. The van der Waals surface area contributed by atoms with Crippen LogP contribution < -0.4 is 5.32 Å². The summed E-state index contributed by atoms with van der Waals surface area (Å²) < 4.78 is 0. The lowest BCUT2D eigenvalue weighted by Gasteiger charge is -2.34. The fourth-order valence-corrected chi connectivity index (χ4v) is 3.02. The average molecular weight is 366 g/mol. The first-order valence-corrected chi connectivity index (χ1v) is 8.82. The van der Waals surface area contributed by atoms with E-state index in [2.05, 4.69) is 5.32 Å². The van der Waals surface area contributed by atoms with Gasteiger partial charge in [-0.05, 0) is 24.6 Å². The van der Waals surface area contributed by atoms with E-state index in [4.69, 9.17) is 11.6 Å². The first-order chi connectivity index (χ1) is 11.9. The Morgan fingerprint density at radius 1 is 1.12 bits per heavy atom. The summed E-state index contributed by atoms with van der Waals surface area (Å²) in [7, 11) is 0. The highest BCUT2D eigenvalue weighted by molar-refractivity contribution is 6.30. The molecule has 25 heavy (non-hydrogen) atoms. The van der Waals surface area contributed by atoms with E-state index in [9.17, 15) is 14.4 Å². The van der Waals surface area contributed by atoms with Crippen molar-refractivity contribution in [1.29, 1.82) is 0 Å². The van der Waals surface area contributed by atoms with Crippen LogP contribution in [0.15, 0.2) is 24.3 Å². The summed E-state index contributed by atoms with van der Waals surface area (Å²) in [5.41, 5.74) is 0.924. The van der Waals surface area contributed by atoms with E-state index in [1.54, 1.807) is 15.9 Å². The third-order valence-corrected chi connectivity index (χ3v) is 4.60. The van der Waals surface area contributed by atoms with Crippen molar-refractivity contribution in [2.45, 2.75) is 32.7 Å². The van der Waals surface area contributed by atoms with Crippen molar-refractivity contribution in [3.05, 3.63) is 34.9 Å². The molecular weight excluding hydrogens is 342 g/mol. The van der Waals surface area contributed by atoms with E-state index in [1.165, 1.54) is 6.92 Å². The number of carbonyl (C=O) groups excluding carboxylic acids is 3. The van der Waals surface area contributed by atoms with Gasteiger partial charge >= 0.3 is 0 Å². The lowest BCUT2D eigenvalue weighted by molar-refractivity contribution is -0.139. The molecule has 0 saturated carbocycles. The van der Waals surface area contributed by atoms with Gasteiger partial charge in [0, 0.05) is 51.0 Å². The molecule has 1 fully saturated rings. The van der Waals surface area contributed by atoms with Crippen LogP contribution in [-0.2, 0) is 14.4 Å². The number of piperazine rings is 1. The molecule has 6 nitrogen and oxygen atoms in total. The first kappa shape index (κ1) is 19.2. The zero-order valence-electron chi connectivity index (χ0n) is 14.6. The predicted octanol–water partition coefficient (Wildman–Crippen LogP) is 1.99. The smallest absolute Gasteiger partial charge is 0.223 e. The Kier molecular flexibility index (Phi) is 6.82. The van der Waals surface area contributed by atoms with Crippen molar-refractivity contribution in [3.63, 3.8) is 0 Å². The Labute approximate surface area is 153 Å². The molecule has 1 aromatic carbocycles. The number of nitrogens with one attached hydrogen (secondary N) is 1. The molecule has 1 atom stereocenters. The third-order valence-electron chi connectivity index (χ3n) is 4.37. The molecule has 0 spiro atoms. The monoisotopic (exact) mass is 365 g/mol. The summed E-state index contributed by atoms with van der Waals surface area (Å²) in [6.45, 7) is 5.57. The van der Waals surface area contributed by atoms with Crippen LogP contribution in [0.1, 0.15) is 38.3 Å². The van der Waals surface area contributed by atoms with Crippen molar-refractivity contribution < 1.29 is 14.4 Å². The zero-order chi connectivity index (χ0) is 18.4. The van der Waals surface area contributed by atoms with Crippen LogP contribution in [0.2, 0.25) is 5.02 Å². The second kappa shape index (κ2) is 8.85. The molecule has 0 radical (unpaired) electrons. The molecule has 1 aliphatic heterocycles. The van der Waals surface area contributed by atoms with Crippen molar-refractivity contribution in [2.75, 3.05) is 26.2 Å². The highest BCUT2D eigenvalue weighted by atomic mass is 35.5. The van der Waals surface area contributed by atoms with Gasteiger partial charge in [0.2, 0.25) is 17.7 Å². The summed E-state index contributed by atoms with van der Waals surface area (Å²) >= 11 is 5.96. The van der Waals surface area contributed by atoms with Gasteiger partial charge in [-0.2, -0.15) is 0 Å². The fraction of sp³-hybridized carbons (Fsp3) is 0.500. The lowest BCUT2D eigenvalue weighted by Crippen LogP contribution is -2.50. The Bertz CT molecular complexity index is 642. The molecule has 0 bridgehead atoms. The number of hydrogen-bond donors (Lipinski definition) is 1. The number of carbonyl (C=O) groups is 3. The van der Waals surface area contributed by atoms with Gasteiger partial charge in [-0.25, -0.2) is 0 Å². The standard InChI is InChI=1S/C18H24ClN3O3/c1-13(15-4-3-5-16(19)12-15)20-17(24)6-7-18(25)22-10-8-21(9-11-22)14(2)23/h3-5,12-13H,6-11H2,1-2H3,(H,20,24)/t13-/m1/s1. The maximum absolute atomic E-state index is 12.2. The molecule has 136 valence electrons. The van der Waals surface area contributed by atoms with E-state index in [1.807, 2.05) is 25.1 Å². The van der Waals surface area contributed by atoms with Crippen LogP contribution in [0.3, 0.4) is 0 Å². The van der Waals surface area contributed by atoms with E-state index in [0.29, 0.717) is 31.2 Å². The normalized spacial score (nSPS) is 15.6. The van der Waals surface area contributed by atoms with Gasteiger partial charge in [-0.3, -0.25) is 14.4 Å². The Morgan fingerprint density at radius 3 is 2.36 bits per heavy atom. The van der Waals surface area contributed by atoms with Gasteiger partial charge < -0.3 is 15.1 Å². The van der Waals surface area contributed by atoms with E-state index in [-0.39, 0.29) is 36.6 Å². The Hall–Kier alpha value is -2.08. The van der Waals surface area contributed by atoms with Gasteiger partial charge in [0.25, 0.3) is 0 Å². The van der Waals surface area contributed by atoms with Crippen LogP contribution in [0.25, 0.3) is 0 Å². The van der Waals surface area contributed by atoms with Gasteiger partial charge in [-0.15, -0.1) is 0 Å². The summed E-state index contributed by atoms with van der Waals surface area (Å²) in [5, 5.41) is 3.51. The molecule has 7 heteroatoms. The molecule has 1 aromatic rings. The van der Waals surface area contributed by atoms with Crippen LogP contribution in [0, 0.1) is 0 Å². The van der Waals surface area contributed by atoms with Crippen LogP contribution in [0.4, 0.5) is 0 Å². The van der Waals surface area contributed by atoms with Crippen molar-refractivity contribution in [3.8, 4) is 0 Å². The number of nitrogens with zero attached hydrogens (tertiary/aromatic N) is 2. The second-order valence-electron chi connectivity index (χ2n) is 6.23. The number of benzene rings is 1. The fourth-order valence-electron chi connectivity index (χ4n) is 2.82. The van der Waals surface area contributed by atoms with Gasteiger partial charge in [0.05, 0.1) is 6.04 Å². The largest absolute Gasteiger partial charge is 0.350 e. The highest BCUT2D eigenvalue weighted by Crippen LogP contribution is 2.17. The summed E-state index contributed by atoms with van der Waals surface area (Å²) in [5.74, 6) is -0.182. The van der Waals surface area contributed by atoms with Gasteiger partial charge in [-0.1, -0.05) is 23.7 Å². The minimum Gasteiger partial charge on any atom is -0.350 e. The minimum absolute atomic E-state index is 0.0291. The summed E-state index contributed by atoms with van der Waals surface area (Å²) in [6, 6.07) is 7.16. The van der Waals surface area contributed by atoms with Crippen molar-refractivity contribution >= 4 is 29.3 Å². The van der Waals surface area contributed by atoms with Crippen LogP contribution in [0.5, 0.6) is 0 Å². The maximum atomic E-state index is 12.2. The van der Waals surface area contributed by atoms with Crippen LogP contribution in [-0.4, -0.2) is 53.7 Å². The van der Waals surface area contributed by atoms with Crippen LogP contribution >= 0.6 is 11.6 Å². The molecule has 0 aliphatic carbocycles. The zero-order valence-corrected chi connectivity index (χ0v) is 15.4. The molecular formula is C18H24ClN3O3. The molecule has 1 aliphatic rings.